The van der Waals surface area contributed by atoms with Crippen LogP contribution in [0, 0.1) is 25.7 Å². The first-order valence-corrected chi connectivity index (χ1v) is 9.06. The minimum atomic E-state index is -0.595. The van der Waals surface area contributed by atoms with Crippen molar-refractivity contribution >= 4 is 23.2 Å². The Morgan fingerprint density at radius 3 is 3.04 bits per heavy atom. The molecule has 1 spiro atoms. The minimum absolute atomic E-state index is 0.00757. The Labute approximate surface area is 144 Å². The summed E-state index contributed by atoms with van der Waals surface area (Å²) in [5, 5.41) is 4.00. The van der Waals surface area contributed by atoms with E-state index in [9.17, 15) is 9.59 Å². The van der Waals surface area contributed by atoms with Crippen molar-refractivity contribution in [3.63, 3.8) is 0 Å². The van der Waals surface area contributed by atoms with Gasteiger partial charge in [0.15, 0.2) is 0 Å². The molecule has 1 N–H and O–H groups in total. The average molecular weight is 347 g/mol. The van der Waals surface area contributed by atoms with Crippen LogP contribution in [0.3, 0.4) is 0 Å². The van der Waals surface area contributed by atoms with E-state index in [1.807, 2.05) is 19.1 Å². The number of nitrogens with zero attached hydrogens (tertiary/aromatic N) is 2. The van der Waals surface area contributed by atoms with Crippen LogP contribution in [-0.2, 0) is 20.7 Å². The van der Waals surface area contributed by atoms with Crippen molar-refractivity contribution in [1.82, 2.24) is 15.2 Å². The Bertz CT molecular complexity index is 724. The van der Waals surface area contributed by atoms with Gasteiger partial charge in [0, 0.05) is 24.9 Å². The summed E-state index contributed by atoms with van der Waals surface area (Å²) in [6, 6.07) is 0. The van der Waals surface area contributed by atoms with Crippen molar-refractivity contribution in [3.05, 3.63) is 27.7 Å². The summed E-state index contributed by atoms with van der Waals surface area (Å²) in [6.07, 6.45) is 4.33. The Morgan fingerprint density at radius 2 is 2.33 bits per heavy atom. The van der Waals surface area contributed by atoms with Gasteiger partial charge < -0.3 is 15.0 Å². The normalized spacial score (nSPS) is 33.4. The lowest BCUT2D eigenvalue weighted by Gasteiger charge is -2.23. The third-order valence-corrected chi connectivity index (χ3v) is 6.44. The van der Waals surface area contributed by atoms with Gasteiger partial charge in [-0.15, -0.1) is 11.3 Å². The Balaban J connectivity index is 1.42. The molecule has 24 heavy (non-hydrogen) atoms. The van der Waals surface area contributed by atoms with E-state index in [0.717, 1.165) is 10.7 Å². The Hall–Kier alpha value is -1.73. The predicted octanol–water partition coefficient (Wildman–Crippen LogP) is 0.830. The molecule has 6 nitrogen and oxygen atoms in total. The third-order valence-electron chi connectivity index (χ3n) is 5.30. The number of rotatable bonds is 4. The van der Waals surface area contributed by atoms with Crippen molar-refractivity contribution in [2.75, 3.05) is 20.1 Å². The number of thiazole rings is 1. The van der Waals surface area contributed by atoms with Gasteiger partial charge in [0.25, 0.3) is 0 Å². The van der Waals surface area contributed by atoms with E-state index in [2.05, 4.69) is 17.2 Å². The number of ether oxygens (including phenoxy) is 1. The number of carbonyl (C=O) groups excluding carboxylic acids is 2. The lowest BCUT2D eigenvalue weighted by Crippen LogP contribution is -2.44. The highest BCUT2D eigenvalue weighted by molar-refractivity contribution is 7.11. The molecular formula is C17H21N3O3S. The third kappa shape index (κ3) is 2.22. The first-order valence-electron chi connectivity index (χ1n) is 8.24. The van der Waals surface area contributed by atoms with Gasteiger partial charge in [0.1, 0.15) is 5.60 Å². The standard InChI is InChI=1S/C17H21N3O3S/c1-9-10(2)24-12(19-9)5-7-18-15(21)13-11-4-6-17(23-11)8-20(3)16(22)14(13)17/h4,6,11,13-14H,5,7-8H2,1-3H3,(H,18,21)/t11-,13-,14+,17-/m0/s1. The number of likely N-dealkylation sites (N-methyl/N-ethyl adjacent to an activating group) is 1. The molecule has 4 atom stereocenters. The molecule has 4 heterocycles. The maximum Gasteiger partial charge on any atom is 0.229 e. The van der Waals surface area contributed by atoms with Crippen LogP contribution in [0.1, 0.15) is 15.6 Å². The molecule has 0 radical (unpaired) electrons. The molecule has 2 saturated heterocycles. The lowest BCUT2D eigenvalue weighted by molar-refractivity contribution is -0.136. The SMILES string of the molecule is Cc1nc(CCNC(=O)[C@H]2[C@@H]3C=C[C@@]4(CN(C)C(=O)[C@@H]24)O3)sc1C. The van der Waals surface area contributed by atoms with Crippen LogP contribution >= 0.6 is 11.3 Å². The molecule has 4 rings (SSSR count). The topological polar surface area (TPSA) is 71.5 Å². The molecule has 128 valence electrons. The molecule has 1 aromatic heterocycles. The van der Waals surface area contributed by atoms with Gasteiger partial charge in [-0.2, -0.15) is 0 Å². The van der Waals surface area contributed by atoms with Crippen LogP contribution in [-0.4, -0.2) is 53.5 Å². The first kappa shape index (κ1) is 15.8. The zero-order chi connectivity index (χ0) is 17.1. The second kappa shape index (κ2) is 5.39. The smallest absolute Gasteiger partial charge is 0.229 e. The van der Waals surface area contributed by atoms with E-state index in [1.165, 1.54) is 4.88 Å². The van der Waals surface area contributed by atoms with Gasteiger partial charge in [-0.25, -0.2) is 4.98 Å². The van der Waals surface area contributed by atoms with E-state index in [4.69, 9.17) is 4.74 Å². The summed E-state index contributed by atoms with van der Waals surface area (Å²) in [4.78, 5) is 32.5. The zero-order valence-corrected chi connectivity index (χ0v) is 14.9. The van der Waals surface area contributed by atoms with Crippen molar-refractivity contribution in [1.29, 1.82) is 0 Å². The lowest BCUT2D eigenvalue weighted by atomic mass is 9.77. The fraction of sp³-hybridized carbons (Fsp3) is 0.588. The van der Waals surface area contributed by atoms with Crippen LogP contribution < -0.4 is 5.32 Å². The molecule has 0 aliphatic carbocycles. The van der Waals surface area contributed by atoms with Gasteiger partial charge >= 0.3 is 0 Å². The van der Waals surface area contributed by atoms with E-state index < -0.39 is 11.5 Å². The zero-order valence-electron chi connectivity index (χ0n) is 14.0. The molecule has 7 heteroatoms. The number of amides is 2. The Morgan fingerprint density at radius 1 is 1.54 bits per heavy atom. The van der Waals surface area contributed by atoms with E-state index in [-0.39, 0.29) is 23.8 Å². The van der Waals surface area contributed by atoms with Gasteiger partial charge in [-0.05, 0) is 13.8 Å². The molecular weight excluding hydrogens is 326 g/mol. The summed E-state index contributed by atoms with van der Waals surface area (Å²) < 4.78 is 6.00. The van der Waals surface area contributed by atoms with Gasteiger partial charge in [0.05, 0.1) is 35.2 Å². The quantitative estimate of drug-likeness (QED) is 0.819. The van der Waals surface area contributed by atoms with E-state index in [0.29, 0.717) is 19.5 Å². The largest absolute Gasteiger partial charge is 0.360 e. The van der Waals surface area contributed by atoms with E-state index >= 15 is 0 Å². The summed E-state index contributed by atoms with van der Waals surface area (Å²) in [7, 11) is 1.77. The minimum Gasteiger partial charge on any atom is -0.360 e. The molecule has 3 aliphatic rings. The highest BCUT2D eigenvalue weighted by Crippen LogP contribution is 2.51. The average Bonchev–Trinajstić information content (AvgIpc) is 3.22. The molecule has 1 aromatic rings. The molecule has 2 amide bonds. The Kier molecular flexibility index (Phi) is 3.54. The first-order chi connectivity index (χ1) is 11.4. The van der Waals surface area contributed by atoms with Crippen LogP contribution in [0.4, 0.5) is 0 Å². The van der Waals surface area contributed by atoms with Gasteiger partial charge in [-0.1, -0.05) is 12.2 Å². The number of hydrogen-bond acceptors (Lipinski definition) is 5. The number of likely N-dealkylation sites (tertiary alicyclic amines) is 1. The molecule has 2 bridgehead atoms. The second-order valence-corrected chi connectivity index (χ2v) is 8.17. The van der Waals surface area contributed by atoms with E-state index in [1.54, 1.807) is 23.3 Å². The molecule has 3 aliphatic heterocycles. The van der Waals surface area contributed by atoms with Crippen molar-refractivity contribution in [2.24, 2.45) is 11.8 Å². The predicted molar refractivity (Wildman–Crippen MR) is 89.7 cm³/mol. The van der Waals surface area contributed by atoms with Crippen LogP contribution in [0.25, 0.3) is 0 Å². The van der Waals surface area contributed by atoms with Gasteiger partial charge in [-0.3, -0.25) is 9.59 Å². The monoisotopic (exact) mass is 347 g/mol. The van der Waals surface area contributed by atoms with Crippen molar-refractivity contribution < 1.29 is 14.3 Å². The number of nitrogens with one attached hydrogen (secondary N) is 1. The van der Waals surface area contributed by atoms with Crippen molar-refractivity contribution in [2.45, 2.75) is 32.0 Å². The highest BCUT2D eigenvalue weighted by atomic mass is 32.1. The highest BCUT2D eigenvalue weighted by Gasteiger charge is 2.66. The summed E-state index contributed by atoms with van der Waals surface area (Å²) in [5.41, 5.74) is 0.455. The fourth-order valence-corrected chi connectivity index (χ4v) is 4.98. The summed E-state index contributed by atoms with van der Waals surface area (Å²) in [6.45, 7) is 5.11. The second-order valence-electron chi connectivity index (χ2n) is 6.88. The molecule has 0 unspecified atom stereocenters. The van der Waals surface area contributed by atoms with Gasteiger partial charge in [0.2, 0.25) is 11.8 Å². The number of aryl methyl sites for hydroxylation is 2. The molecule has 0 saturated carbocycles. The number of fused-ring (bicyclic) bond motifs is 1. The molecule has 0 aromatic carbocycles. The molecule has 2 fully saturated rings. The van der Waals surface area contributed by atoms with Crippen LogP contribution in [0.15, 0.2) is 12.2 Å². The maximum atomic E-state index is 12.7. The van der Waals surface area contributed by atoms with Crippen LogP contribution in [0.2, 0.25) is 0 Å². The number of aromatic nitrogens is 1. The van der Waals surface area contributed by atoms with Crippen LogP contribution in [0.5, 0.6) is 0 Å². The maximum absolute atomic E-state index is 12.7. The summed E-state index contributed by atoms with van der Waals surface area (Å²) >= 11 is 1.67. The number of hydrogen-bond donors (Lipinski definition) is 1. The van der Waals surface area contributed by atoms with Crippen molar-refractivity contribution in [3.8, 4) is 0 Å². The number of carbonyl (C=O) groups is 2. The summed E-state index contributed by atoms with van der Waals surface area (Å²) in [5.74, 6) is -0.896. The fourth-order valence-electron chi connectivity index (χ4n) is 4.05.